The highest BCUT2D eigenvalue weighted by molar-refractivity contribution is 6.02. The lowest BCUT2D eigenvalue weighted by Gasteiger charge is -2.17. The Morgan fingerprint density at radius 1 is 0.833 bits per heavy atom. The maximum Gasteiger partial charge on any atom is 0.361 e. The van der Waals surface area contributed by atoms with Gasteiger partial charge in [0.15, 0.2) is 11.8 Å². The zero-order valence-corrected chi connectivity index (χ0v) is 16.3. The minimum atomic E-state index is -1.09. The lowest BCUT2D eigenvalue weighted by Crippen LogP contribution is -2.21. The second kappa shape index (κ2) is 8.57. The number of aromatic nitrogens is 1. The zero-order valence-electron chi connectivity index (χ0n) is 16.3. The van der Waals surface area contributed by atoms with Crippen molar-refractivity contribution in [1.82, 2.24) is 4.98 Å². The Labute approximate surface area is 174 Å². The number of ketones is 1. The molecule has 0 aliphatic carbocycles. The molecule has 4 aromatic rings. The van der Waals surface area contributed by atoms with E-state index in [2.05, 4.69) is 4.98 Å². The van der Waals surface area contributed by atoms with E-state index in [0.29, 0.717) is 22.8 Å². The number of hydrogen-bond acceptors (Lipinski definition) is 5. The fourth-order valence-corrected chi connectivity index (χ4v) is 3.11. The first kappa shape index (κ1) is 19.3. The second-order valence-electron chi connectivity index (χ2n) is 6.72. The molecule has 1 heterocycles. The summed E-state index contributed by atoms with van der Waals surface area (Å²) in [4.78, 5) is 30.3. The average Bonchev–Trinajstić information content (AvgIpc) is 3.20. The Morgan fingerprint density at radius 3 is 2.03 bits per heavy atom. The van der Waals surface area contributed by atoms with Gasteiger partial charge in [-0.3, -0.25) is 4.79 Å². The Kier molecular flexibility index (Phi) is 5.52. The predicted octanol–water partition coefficient (Wildman–Crippen LogP) is 5.43. The van der Waals surface area contributed by atoms with Crippen molar-refractivity contribution in [3.05, 3.63) is 114 Å². The summed E-state index contributed by atoms with van der Waals surface area (Å²) in [5.41, 5.74) is 1.85. The van der Waals surface area contributed by atoms with E-state index >= 15 is 0 Å². The molecule has 0 spiro atoms. The van der Waals surface area contributed by atoms with Crippen LogP contribution in [0, 0.1) is 6.92 Å². The molecule has 0 aliphatic rings. The molecule has 0 saturated heterocycles. The van der Waals surface area contributed by atoms with Crippen LogP contribution in [0.4, 0.5) is 0 Å². The Hall–Kier alpha value is -3.99. The first-order valence-electron chi connectivity index (χ1n) is 9.51. The van der Waals surface area contributed by atoms with Gasteiger partial charge in [-0.1, -0.05) is 78.9 Å². The van der Waals surface area contributed by atoms with Gasteiger partial charge in [0.2, 0.25) is 11.7 Å². The molecule has 148 valence electrons. The van der Waals surface area contributed by atoms with Crippen LogP contribution in [0.5, 0.6) is 0 Å². The van der Waals surface area contributed by atoms with E-state index in [9.17, 15) is 9.59 Å². The number of oxazole rings is 1. The lowest BCUT2D eigenvalue weighted by molar-refractivity contribution is 0.0273. The number of benzene rings is 3. The summed E-state index contributed by atoms with van der Waals surface area (Å²) in [6.45, 7) is 1.65. The summed E-state index contributed by atoms with van der Waals surface area (Å²) < 4.78 is 11.3. The second-order valence-corrected chi connectivity index (χ2v) is 6.72. The van der Waals surface area contributed by atoms with E-state index in [1.807, 2.05) is 42.5 Å². The van der Waals surface area contributed by atoms with E-state index < -0.39 is 12.1 Å². The van der Waals surface area contributed by atoms with Gasteiger partial charge in [0, 0.05) is 16.7 Å². The molecule has 1 atom stereocenters. The number of aryl methyl sites for hydroxylation is 1. The molecular formula is C25H19NO4. The number of carbonyl (C=O) groups excluding carboxylic acids is 2. The molecule has 0 radical (unpaired) electrons. The molecule has 0 saturated carbocycles. The molecule has 5 nitrogen and oxygen atoms in total. The summed E-state index contributed by atoms with van der Waals surface area (Å²) in [6, 6.07) is 27.0. The Balaban J connectivity index is 1.64. The zero-order chi connectivity index (χ0) is 20.9. The molecule has 3 aromatic carbocycles. The van der Waals surface area contributed by atoms with Crippen molar-refractivity contribution in [2.24, 2.45) is 0 Å². The van der Waals surface area contributed by atoms with Crippen LogP contribution >= 0.6 is 0 Å². The first-order valence-corrected chi connectivity index (χ1v) is 9.51. The molecule has 0 N–H and O–H groups in total. The van der Waals surface area contributed by atoms with Crippen LogP contribution in [-0.2, 0) is 4.74 Å². The SMILES string of the molecule is Cc1oc(-c2ccccc2)nc1C(=O)OC(C(=O)c1ccccc1)c1ccccc1. The normalized spacial score (nSPS) is 11.6. The monoisotopic (exact) mass is 397 g/mol. The van der Waals surface area contributed by atoms with Crippen molar-refractivity contribution in [3.63, 3.8) is 0 Å². The molecular weight excluding hydrogens is 378 g/mol. The minimum absolute atomic E-state index is 0.0515. The Bertz CT molecular complexity index is 1150. The maximum atomic E-state index is 13.1. The van der Waals surface area contributed by atoms with Gasteiger partial charge >= 0.3 is 5.97 Å². The average molecular weight is 397 g/mol. The van der Waals surface area contributed by atoms with E-state index in [1.165, 1.54) is 0 Å². The largest absolute Gasteiger partial charge is 0.444 e. The van der Waals surface area contributed by atoms with Crippen LogP contribution in [0.1, 0.15) is 38.3 Å². The maximum absolute atomic E-state index is 13.1. The van der Waals surface area contributed by atoms with Crippen LogP contribution in [0.2, 0.25) is 0 Å². The highest BCUT2D eigenvalue weighted by atomic mass is 16.5. The van der Waals surface area contributed by atoms with Gasteiger partial charge in [-0.05, 0) is 19.1 Å². The van der Waals surface area contributed by atoms with Crippen molar-refractivity contribution in [2.45, 2.75) is 13.0 Å². The third kappa shape index (κ3) is 4.05. The van der Waals surface area contributed by atoms with Crippen LogP contribution in [0.15, 0.2) is 95.4 Å². The Morgan fingerprint density at radius 2 is 1.40 bits per heavy atom. The molecule has 1 aromatic heterocycles. The number of Topliss-reactive ketones (excluding diaryl/α,β-unsaturated/α-hetero) is 1. The van der Waals surface area contributed by atoms with E-state index in [0.717, 1.165) is 5.56 Å². The van der Waals surface area contributed by atoms with Gasteiger partial charge in [0.05, 0.1) is 0 Å². The number of rotatable bonds is 6. The summed E-state index contributed by atoms with van der Waals surface area (Å²) >= 11 is 0. The molecule has 0 fully saturated rings. The van der Waals surface area contributed by atoms with E-state index in [-0.39, 0.29) is 11.5 Å². The van der Waals surface area contributed by atoms with Gasteiger partial charge in [0.25, 0.3) is 0 Å². The lowest BCUT2D eigenvalue weighted by atomic mass is 10.00. The fraction of sp³-hybridized carbons (Fsp3) is 0.0800. The predicted molar refractivity (Wildman–Crippen MR) is 112 cm³/mol. The van der Waals surface area contributed by atoms with Crippen molar-refractivity contribution in [3.8, 4) is 11.5 Å². The molecule has 4 rings (SSSR count). The molecule has 0 aliphatic heterocycles. The van der Waals surface area contributed by atoms with E-state index in [4.69, 9.17) is 9.15 Å². The summed E-state index contributed by atoms with van der Waals surface area (Å²) in [6.07, 6.45) is -1.09. The first-order chi connectivity index (χ1) is 14.6. The van der Waals surface area contributed by atoms with Crippen LogP contribution in [0.25, 0.3) is 11.5 Å². The van der Waals surface area contributed by atoms with Gasteiger partial charge in [-0.25, -0.2) is 9.78 Å². The highest BCUT2D eigenvalue weighted by Crippen LogP contribution is 2.26. The van der Waals surface area contributed by atoms with Crippen molar-refractivity contribution < 1.29 is 18.7 Å². The van der Waals surface area contributed by atoms with Crippen molar-refractivity contribution >= 4 is 11.8 Å². The third-order valence-corrected chi connectivity index (χ3v) is 4.63. The van der Waals surface area contributed by atoms with Gasteiger partial charge in [-0.2, -0.15) is 0 Å². The molecule has 1 unspecified atom stereocenters. The number of carbonyl (C=O) groups is 2. The highest BCUT2D eigenvalue weighted by Gasteiger charge is 2.29. The van der Waals surface area contributed by atoms with Gasteiger partial charge < -0.3 is 9.15 Å². The third-order valence-electron chi connectivity index (χ3n) is 4.63. The van der Waals surface area contributed by atoms with Crippen LogP contribution in [-0.4, -0.2) is 16.7 Å². The summed E-state index contributed by atoms with van der Waals surface area (Å²) in [5, 5.41) is 0. The number of nitrogens with zero attached hydrogens (tertiary/aromatic N) is 1. The van der Waals surface area contributed by atoms with Gasteiger partial charge in [0.1, 0.15) is 5.76 Å². The number of ether oxygens (including phenoxy) is 1. The minimum Gasteiger partial charge on any atom is -0.444 e. The summed E-state index contributed by atoms with van der Waals surface area (Å²) in [7, 11) is 0. The van der Waals surface area contributed by atoms with Crippen molar-refractivity contribution in [1.29, 1.82) is 0 Å². The van der Waals surface area contributed by atoms with Crippen LogP contribution in [0.3, 0.4) is 0 Å². The topological polar surface area (TPSA) is 69.4 Å². The molecule has 0 amide bonds. The smallest absolute Gasteiger partial charge is 0.361 e. The molecule has 30 heavy (non-hydrogen) atoms. The molecule has 0 bridgehead atoms. The fourth-order valence-electron chi connectivity index (χ4n) is 3.11. The van der Waals surface area contributed by atoms with Crippen LogP contribution < -0.4 is 0 Å². The molecule has 5 heteroatoms. The quantitative estimate of drug-likeness (QED) is 0.320. The number of hydrogen-bond donors (Lipinski definition) is 0. The standard InChI is InChI=1S/C25H19NO4/c1-17-21(26-24(29-17)20-15-9-4-10-16-20)25(28)30-23(19-13-7-3-8-14-19)22(27)18-11-5-2-6-12-18/h2-16,23H,1H3. The van der Waals surface area contributed by atoms with Gasteiger partial charge in [-0.15, -0.1) is 0 Å². The number of esters is 1. The summed E-state index contributed by atoms with van der Waals surface area (Å²) in [5.74, 6) is -0.361. The van der Waals surface area contributed by atoms with Crippen molar-refractivity contribution in [2.75, 3.05) is 0 Å². The van der Waals surface area contributed by atoms with E-state index in [1.54, 1.807) is 55.5 Å².